The van der Waals surface area contributed by atoms with Gasteiger partial charge in [0.05, 0.1) is 18.4 Å². The molecule has 0 bridgehead atoms. The van der Waals surface area contributed by atoms with E-state index in [9.17, 15) is 24.3 Å². The van der Waals surface area contributed by atoms with E-state index in [1.807, 2.05) is 29.7 Å². The van der Waals surface area contributed by atoms with E-state index >= 15 is 0 Å². The zero-order chi connectivity index (χ0) is 25.3. The summed E-state index contributed by atoms with van der Waals surface area (Å²) in [5.74, 6) is -2.83. The Morgan fingerprint density at radius 2 is 1.83 bits per heavy atom. The van der Waals surface area contributed by atoms with Gasteiger partial charge in [-0.25, -0.2) is 0 Å². The van der Waals surface area contributed by atoms with Crippen molar-refractivity contribution in [1.29, 1.82) is 0 Å². The van der Waals surface area contributed by atoms with Gasteiger partial charge in [-0.2, -0.15) is 0 Å². The van der Waals surface area contributed by atoms with Gasteiger partial charge < -0.3 is 5.11 Å². The highest BCUT2D eigenvalue weighted by atomic mass is 32.1. The van der Waals surface area contributed by atoms with Crippen LogP contribution in [0.15, 0.2) is 70.2 Å². The summed E-state index contributed by atoms with van der Waals surface area (Å²) in [5.41, 5.74) is 3.24. The highest BCUT2D eigenvalue weighted by Crippen LogP contribution is 2.56. The van der Waals surface area contributed by atoms with Crippen LogP contribution in [0.5, 0.6) is 5.75 Å². The maximum absolute atomic E-state index is 13.7. The Hall–Kier alpha value is -3.58. The highest BCUT2D eigenvalue weighted by Gasteiger charge is 2.56. The van der Waals surface area contributed by atoms with Gasteiger partial charge in [-0.15, -0.1) is 11.3 Å². The molecule has 4 unspecified atom stereocenters. The summed E-state index contributed by atoms with van der Waals surface area (Å²) >= 11 is 1.50. The summed E-state index contributed by atoms with van der Waals surface area (Å²) in [6.07, 6.45) is 3.99. The van der Waals surface area contributed by atoms with Gasteiger partial charge >= 0.3 is 0 Å². The van der Waals surface area contributed by atoms with Crippen molar-refractivity contribution in [2.24, 2.45) is 17.8 Å². The third kappa shape index (κ3) is 3.22. The Balaban J connectivity index is 1.48. The predicted molar refractivity (Wildman–Crippen MR) is 134 cm³/mol. The largest absolute Gasteiger partial charge is 0.507 e. The van der Waals surface area contributed by atoms with Crippen LogP contribution < -0.4 is 0 Å². The van der Waals surface area contributed by atoms with Gasteiger partial charge in [0.2, 0.25) is 11.8 Å². The number of aryl methyl sites for hydroxylation is 1. The molecule has 0 saturated carbocycles. The second kappa shape index (κ2) is 8.23. The van der Waals surface area contributed by atoms with Crippen LogP contribution in [0.1, 0.15) is 41.7 Å². The van der Waals surface area contributed by atoms with Crippen molar-refractivity contribution in [1.82, 2.24) is 4.90 Å². The molecule has 4 aliphatic rings. The number of carbonyl (C=O) groups excluding carboxylic acids is 4. The van der Waals surface area contributed by atoms with Crippen LogP contribution in [0, 0.1) is 24.7 Å². The number of thiophene rings is 1. The van der Waals surface area contributed by atoms with Crippen molar-refractivity contribution in [2.45, 2.75) is 39.2 Å². The van der Waals surface area contributed by atoms with Crippen LogP contribution in [-0.2, 0) is 25.7 Å². The number of aromatic hydroxyl groups is 1. The second-order valence-corrected chi connectivity index (χ2v) is 11.1. The first-order valence-electron chi connectivity index (χ1n) is 12.1. The molecule has 2 heterocycles. The average Bonchev–Trinajstić information content (AvgIpc) is 3.46. The predicted octanol–water partition coefficient (Wildman–Crippen LogP) is 4.39. The molecular formula is C29H25NO5S. The van der Waals surface area contributed by atoms with Crippen molar-refractivity contribution in [3.8, 4) is 5.75 Å². The van der Waals surface area contributed by atoms with Gasteiger partial charge in [0.1, 0.15) is 5.75 Å². The standard InChI is InChI=1S/C29H25NO5S/c1-14-5-3-7-18(26(14)32)23-17-8-9-19-24(29(35)30(28(19)34)13-16-6-4-10-36-16)20(17)12-21-25(23)22(31)11-15(2)27(21)33/h3-8,10-11,19-20,23-24,32H,9,12-13H2,1-2H3. The van der Waals surface area contributed by atoms with E-state index in [0.717, 1.165) is 10.5 Å². The summed E-state index contributed by atoms with van der Waals surface area (Å²) in [6, 6.07) is 9.20. The number of phenols is 1. The number of nitrogens with zero attached hydrogens (tertiary/aromatic N) is 1. The number of Topliss-reactive ketones (excluding diaryl/α,β-unsaturated/α-hetero) is 1. The molecule has 1 fully saturated rings. The molecule has 3 aliphatic carbocycles. The first-order valence-corrected chi connectivity index (χ1v) is 13.0. The zero-order valence-electron chi connectivity index (χ0n) is 20.0. The smallest absolute Gasteiger partial charge is 0.234 e. The number of para-hydroxylation sites is 1. The number of fused-ring (bicyclic) bond motifs is 3. The minimum absolute atomic E-state index is 0.0812. The quantitative estimate of drug-likeness (QED) is 0.384. The molecule has 1 saturated heterocycles. The lowest BCUT2D eigenvalue weighted by Gasteiger charge is -2.42. The Morgan fingerprint density at radius 1 is 1.03 bits per heavy atom. The molecule has 1 aromatic carbocycles. The molecule has 182 valence electrons. The van der Waals surface area contributed by atoms with E-state index < -0.39 is 17.8 Å². The van der Waals surface area contributed by atoms with E-state index in [0.29, 0.717) is 34.3 Å². The van der Waals surface area contributed by atoms with Crippen molar-refractivity contribution >= 4 is 34.7 Å². The Bertz CT molecular complexity index is 1440. The summed E-state index contributed by atoms with van der Waals surface area (Å²) in [6.45, 7) is 3.67. The summed E-state index contributed by atoms with van der Waals surface area (Å²) in [4.78, 5) is 56.0. The SMILES string of the molecule is CC1=CC(=O)C2=C(CC3C(=CCC4C(=O)N(Cc5cccs5)C(=O)C43)C2c2cccc(C)c2O)C1=O. The lowest BCUT2D eigenvalue weighted by atomic mass is 9.59. The molecular weight excluding hydrogens is 474 g/mol. The Labute approximate surface area is 212 Å². The number of imide groups is 1. The molecule has 7 heteroatoms. The van der Waals surface area contributed by atoms with E-state index in [4.69, 9.17) is 0 Å². The molecule has 6 nitrogen and oxygen atoms in total. The number of amides is 2. The third-order valence-corrected chi connectivity index (χ3v) is 8.99. The van der Waals surface area contributed by atoms with Crippen LogP contribution in [0.3, 0.4) is 0 Å². The van der Waals surface area contributed by atoms with Gasteiger partial charge in [0.25, 0.3) is 0 Å². The molecule has 6 rings (SSSR count). The van der Waals surface area contributed by atoms with E-state index in [1.54, 1.807) is 26.0 Å². The fourth-order valence-electron chi connectivity index (χ4n) is 6.43. The van der Waals surface area contributed by atoms with Crippen molar-refractivity contribution in [2.75, 3.05) is 0 Å². The van der Waals surface area contributed by atoms with Gasteiger partial charge in [-0.05, 0) is 55.7 Å². The average molecular weight is 500 g/mol. The molecule has 2 aromatic rings. The number of rotatable bonds is 3. The highest BCUT2D eigenvalue weighted by molar-refractivity contribution is 7.09. The lowest BCUT2D eigenvalue weighted by Crippen LogP contribution is -2.39. The zero-order valence-corrected chi connectivity index (χ0v) is 20.8. The number of benzene rings is 1. The number of allylic oxidation sites excluding steroid dienone is 6. The monoisotopic (exact) mass is 499 g/mol. The summed E-state index contributed by atoms with van der Waals surface area (Å²) in [5, 5.41) is 12.9. The molecule has 4 atom stereocenters. The Morgan fingerprint density at radius 3 is 2.58 bits per heavy atom. The molecule has 1 aliphatic heterocycles. The van der Waals surface area contributed by atoms with Crippen LogP contribution in [0.25, 0.3) is 0 Å². The molecule has 36 heavy (non-hydrogen) atoms. The molecule has 1 aromatic heterocycles. The van der Waals surface area contributed by atoms with Crippen LogP contribution in [-0.4, -0.2) is 33.4 Å². The minimum Gasteiger partial charge on any atom is -0.507 e. The second-order valence-electron chi connectivity index (χ2n) is 10.1. The molecule has 0 spiro atoms. The van der Waals surface area contributed by atoms with Crippen LogP contribution in [0.2, 0.25) is 0 Å². The number of hydrogen-bond acceptors (Lipinski definition) is 6. The summed E-state index contributed by atoms with van der Waals surface area (Å²) < 4.78 is 0. The van der Waals surface area contributed by atoms with Crippen molar-refractivity contribution in [3.05, 3.63) is 86.2 Å². The number of ketones is 2. The maximum Gasteiger partial charge on any atom is 0.234 e. The van der Waals surface area contributed by atoms with Gasteiger partial charge in [-0.1, -0.05) is 35.9 Å². The van der Waals surface area contributed by atoms with Crippen molar-refractivity contribution in [3.63, 3.8) is 0 Å². The Kier molecular flexibility index (Phi) is 5.23. The first-order chi connectivity index (χ1) is 17.3. The number of likely N-dealkylation sites (tertiary alicyclic amines) is 1. The van der Waals surface area contributed by atoms with Gasteiger partial charge in [0.15, 0.2) is 11.6 Å². The summed E-state index contributed by atoms with van der Waals surface area (Å²) in [7, 11) is 0. The number of carbonyl (C=O) groups is 4. The lowest BCUT2D eigenvalue weighted by molar-refractivity contribution is -0.140. The molecule has 1 N–H and O–H groups in total. The van der Waals surface area contributed by atoms with E-state index in [2.05, 4.69) is 0 Å². The number of phenolic OH excluding ortho intramolecular Hbond substituents is 1. The van der Waals surface area contributed by atoms with E-state index in [-0.39, 0.29) is 48.0 Å². The normalized spacial score (nSPS) is 27.6. The van der Waals surface area contributed by atoms with Crippen LogP contribution in [0.4, 0.5) is 0 Å². The fourth-order valence-corrected chi connectivity index (χ4v) is 7.12. The third-order valence-electron chi connectivity index (χ3n) is 8.13. The maximum atomic E-state index is 13.7. The minimum atomic E-state index is -0.630. The van der Waals surface area contributed by atoms with Gasteiger partial charge in [-0.3, -0.25) is 24.1 Å². The molecule has 0 radical (unpaired) electrons. The fraction of sp³-hybridized carbons (Fsp3) is 0.310. The van der Waals surface area contributed by atoms with Crippen molar-refractivity contribution < 1.29 is 24.3 Å². The molecule has 2 amide bonds. The first kappa shape index (κ1) is 22.9. The van der Waals surface area contributed by atoms with Gasteiger partial charge in [0, 0.05) is 33.1 Å². The number of hydrogen-bond donors (Lipinski definition) is 1. The topological polar surface area (TPSA) is 91.8 Å². The van der Waals surface area contributed by atoms with E-state index in [1.165, 1.54) is 22.3 Å². The van der Waals surface area contributed by atoms with Crippen LogP contribution >= 0.6 is 11.3 Å².